The molecular weight excluding hydrogens is 326 g/mol. The van der Waals surface area contributed by atoms with Crippen molar-refractivity contribution in [2.45, 2.75) is 39.7 Å². The van der Waals surface area contributed by atoms with E-state index in [9.17, 15) is 0 Å². The molecule has 2 aromatic rings. The van der Waals surface area contributed by atoms with Crippen molar-refractivity contribution in [1.82, 2.24) is 14.9 Å². The second-order valence-corrected chi connectivity index (χ2v) is 6.34. The molecule has 2 atom stereocenters. The molecule has 0 aromatic carbocycles. The van der Waals surface area contributed by atoms with E-state index in [0.717, 1.165) is 25.2 Å². The zero-order valence-electron chi connectivity index (χ0n) is 16.6. The van der Waals surface area contributed by atoms with Gasteiger partial charge in [-0.05, 0) is 43.9 Å². The third kappa shape index (κ3) is 5.18. The van der Waals surface area contributed by atoms with Crippen molar-refractivity contribution in [3.05, 3.63) is 47.8 Å². The molecular formula is C21H31N3O2. The van der Waals surface area contributed by atoms with Crippen LogP contribution in [0.2, 0.25) is 0 Å². The number of methoxy groups -OCH3 is 2. The molecule has 0 radical (unpaired) electrons. The van der Waals surface area contributed by atoms with Gasteiger partial charge in [-0.2, -0.15) is 0 Å². The standard InChI is InChI=1S/C19H25N3O2.C2H6/c1-14(17-5-4-6-19(21-17)24-3)22-10-9-16(13-22)11-15-7-8-18(23-2)20-12-15;1-2/h4-8,12,14,16H,9-11,13H2,1-3H3;1-2H3. The molecule has 0 spiro atoms. The average molecular weight is 357 g/mol. The van der Waals surface area contributed by atoms with Gasteiger partial charge >= 0.3 is 0 Å². The van der Waals surface area contributed by atoms with Crippen molar-refractivity contribution in [2.75, 3.05) is 27.3 Å². The van der Waals surface area contributed by atoms with Gasteiger partial charge in [0.05, 0.1) is 19.9 Å². The molecule has 2 unspecified atom stereocenters. The first-order valence-electron chi connectivity index (χ1n) is 9.43. The number of likely N-dealkylation sites (tertiary alicyclic amines) is 1. The summed E-state index contributed by atoms with van der Waals surface area (Å²) in [6, 6.07) is 10.3. The largest absolute Gasteiger partial charge is 0.481 e. The lowest BCUT2D eigenvalue weighted by Crippen LogP contribution is -2.25. The lowest BCUT2D eigenvalue weighted by Gasteiger charge is -2.24. The Morgan fingerprint density at radius 3 is 2.54 bits per heavy atom. The minimum absolute atomic E-state index is 0.305. The molecule has 3 rings (SSSR count). The number of nitrogens with zero attached hydrogens (tertiary/aromatic N) is 3. The molecule has 1 aliphatic rings. The molecule has 5 heteroatoms. The third-order valence-corrected chi connectivity index (χ3v) is 4.78. The average Bonchev–Trinajstić information content (AvgIpc) is 3.18. The highest BCUT2D eigenvalue weighted by Gasteiger charge is 2.27. The Labute approximate surface area is 157 Å². The quantitative estimate of drug-likeness (QED) is 0.777. The van der Waals surface area contributed by atoms with E-state index in [1.54, 1.807) is 14.2 Å². The Balaban J connectivity index is 0.00000117. The molecule has 142 valence electrons. The summed E-state index contributed by atoms with van der Waals surface area (Å²) < 4.78 is 10.4. The first-order valence-corrected chi connectivity index (χ1v) is 9.43. The second-order valence-electron chi connectivity index (χ2n) is 6.34. The predicted molar refractivity (Wildman–Crippen MR) is 105 cm³/mol. The van der Waals surface area contributed by atoms with E-state index in [-0.39, 0.29) is 0 Å². The van der Waals surface area contributed by atoms with E-state index in [0.29, 0.717) is 23.7 Å². The maximum atomic E-state index is 5.24. The van der Waals surface area contributed by atoms with E-state index in [2.05, 4.69) is 33.9 Å². The summed E-state index contributed by atoms with van der Waals surface area (Å²) in [7, 11) is 3.30. The van der Waals surface area contributed by atoms with Gasteiger partial charge in [0.1, 0.15) is 0 Å². The van der Waals surface area contributed by atoms with Crippen LogP contribution in [0, 0.1) is 5.92 Å². The first-order chi connectivity index (χ1) is 12.7. The van der Waals surface area contributed by atoms with Gasteiger partial charge in [-0.1, -0.05) is 26.0 Å². The molecule has 3 heterocycles. The molecule has 0 aliphatic carbocycles. The summed E-state index contributed by atoms with van der Waals surface area (Å²) in [5, 5.41) is 0. The maximum Gasteiger partial charge on any atom is 0.213 e. The van der Waals surface area contributed by atoms with Gasteiger partial charge in [-0.25, -0.2) is 9.97 Å². The number of pyridine rings is 2. The normalized spacial score (nSPS) is 18.0. The Morgan fingerprint density at radius 1 is 1.12 bits per heavy atom. The fourth-order valence-electron chi connectivity index (χ4n) is 3.33. The zero-order chi connectivity index (χ0) is 18.9. The van der Waals surface area contributed by atoms with E-state index in [1.807, 2.05) is 38.2 Å². The van der Waals surface area contributed by atoms with Crippen LogP contribution in [-0.2, 0) is 6.42 Å². The number of hydrogen-bond acceptors (Lipinski definition) is 5. The van der Waals surface area contributed by atoms with E-state index in [1.165, 1.54) is 12.0 Å². The van der Waals surface area contributed by atoms with Crippen molar-refractivity contribution >= 4 is 0 Å². The Kier molecular flexibility index (Phi) is 7.85. The van der Waals surface area contributed by atoms with E-state index in [4.69, 9.17) is 9.47 Å². The summed E-state index contributed by atoms with van der Waals surface area (Å²) >= 11 is 0. The zero-order valence-corrected chi connectivity index (χ0v) is 16.6. The van der Waals surface area contributed by atoms with Gasteiger partial charge in [-0.3, -0.25) is 4.90 Å². The van der Waals surface area contributed by atoms with Crippen molar-refractivity contribution < 1.29 is 9.47 Å². The molecule has 0 bridgehead atoms. The van der Waals surface area contributed by atoms with Crippen LogP contribution in [0.15, 0.2) is 36.5 Å². The van der Waals surface area contributed by atoms with Crippen LogP contribution in [-0.4, -0.2) is 42.2 Å². The van der Waals surface area contributed by atoms with Crippen molar-refractivity contribution in [3.63, 3.8) is 0 Å². The van der Waals surface area contributed by atoms with Gasteiger partial charge < -0.3 is 9.47 Å². The highest BCUT2D eigenvalue weighted by molar-refractivity contribution is 5.20. The van der Waals surface area contributed by atoms with Gasteiger partial charge in [0.2, 0.25) is 11.8 Å². The predicted octanol–water partition coefficient (Wildman–Crippen LogP) is 4.15. The fourth-order valence-corrected chi connectivity index (χ4v) is 3.33. The monoisotopic (exact) mass is 357 g/mol. The van der Waals surface area contributed by atoms with Gasteiger partial charge in [0.25, 0.3) is 0 Å². The van der Waals surface area contributed by atoms with E-state index < -0.39 is 0 Å². The molecule has 1 saturated heterocycles. The van der Waals surface area contributed by atoms with Crippen LogP contribution in [0.1, 0.15) is 44.5 Å². The van der Waals surface area contributed by atoms with Crippen molar-refractivity contribution in [1.29, 1.82) is 0 Å². The number of rotatable bonds is 6. The number of ether oxygens (including phenoxy) is 2. The third-order valence-electron chi connectivity index (χ3n) is 4.78. The fraction of sp³-hybridized carbons (Fsp3) is 0.524. The SMILES string of the molecule is CC.COc1ccc(CC2CCN(C(C)c3cccc(OC)n3)C2)cn1. The second kappa shape index (κ2) is 10.1. The van der Waals surface area contributed by atoms with Crippen LogP contribution >= 0.6 is 0 Å². The van der Waals surface area contributed by atoms with Gasteiger partial charge in [0, 0.05) is 30.9 Å². The minimum Gasteiger partial charge on any atom is -0.481 e. The van der Waals surface area contributed by atoms with Crippen LogP contribution in [0.25, 0.3) is 0 Å². The molecule has 0 amide bonds. The van der Waals surface area contributed by atoms with Crippen molar-refractivity contribution in [3.8, 4) is 11.8 Å². The molecule has 5 nitrogen and oxygen atoms in total. The summed E-state index contributed by atoms with van der Waals surface area (Å²) in [4.78, 5) is 11.4. The molecule has 2 aromatic heterocycles. The highest BCUT2D eigenvalue weighted by atomic mass is 16.5. The minimum atomic E-state index is 0.305. The van der Waals surface area contributed by atoms with Crippen LogP contribution in [0.4, 0.5) is 0 Å². The number of hydrogen-bond donors (Lipinski definition) is 0. The van der Waals surface area contributed by atoms with Gasteiger partial charge in [0.15, 0.2) is 0 Å². The first kappa shape index (κ1) is 20.2. The topological polar surface area (TPSA) is 47.5 Å². The molecule has 0 saturated carbocycles. The number of aromatic nitrogens is 2. The summed E-state index contributed by atoms with van der Waals surface area (Å²) in [5.41, 5.74) is 2.34. The van der Waals surface area contributed by atoms with Crippen LogP contribution < -0.4 is 9.47 Å². The summed E-state index contributed by atoms with van der Waals surface area (Å²) in [6.45, 7) is 8.42. The Morgan fingerprint density at radius 2 is 1.88 bits per heavy atom. The van der Waals surface area contributed by atoms with E-state index >= 15 is 0 Å². The highest BCUT2D eigenvalue weighted by Crippen LogP contribution is 2.29. The molecule has 0 N–H and O–H groups in total. The molecule has 1 fully saturated rings. The lowest BCUT2D eigenvalue weighted by molar-refractivity contribution is 0.246. The van der Waals surface area contributed by atoms with Crippen LogP contribution in [0.3, 0.4) is 0 Å². The smallest absolute Gasteiger partial charge is 0.213 e. The summed E-state index contributed by atoms with van der Waals surface area (Å²) in [6.07, 6.45) is 4.20. The van der Waals surface area contributed by atoms with Crippen LogP contribution in [0.5, 0.6) is 11.8 Å². The molecule has 1 aliphatic heterocycles. The summed E-state index contributed by atoms with van der Waals surface area (Å²) in [5.74, 6) is 2.01. The maximum absolute atomic E-state index is 5.24. The lowest BCUT2D eigenvalue weighted by atomic mass is 10.00. The van der Waals surface area contributed by atoms with Gasteiger partial charge in [-0.15, -0.1) is 0 Å². The Hall–Kier alpha value is -2.14. The Bertz CT molecular complexity index is 661. The van der Waals surface area contributed by atoms with Crippen molar-refractivity contribution in [2.24, 2.45) is 5.92 Å². The molecule has 26 heavy (non-hydrogen) atoms.